The lowest BCUT2D eigenvalue weighted by molar-refractivity contribution is -0.131. The number of rotatable bonds is 1. The van der Waals surface area contributed by atoms with E-state index in [1.54, 1.807) is 0 Å². The number of hydrogen-bond donors (Lipinski definition) is 2. The first-order valence-electron chi connectivity index (χ1n) is 2.57. The first kappa shape index (κ1) is 8.22. The topological polar surface area (TPSA) is 66.4 Å². The first-order valence-corrected chi connectivity index (χ1v) is 3.80. The van der Waals surface area contributed by atoms with Gasteiger partial charge in [0.1, 0.15) is 4.32 Å². The molecule has 1 aliphatic heterocycles. The van der Waals surface area contributed by atoms with Gasteiger partial charge in [0, 0.05) is 6.08 Å². The Balaban J connectivity index is 2.83. The van der Waals surface area contributed by atoms with E-state index in [1.165, 1.54) is 0 Å². The van der Waals surface area contributed by atoms with Gasteiger partial charge in [-0.25, -0.2) is 4.79 Å². The van der Waals surface area contributed by atoms with Gasteiger partial charge in [0.05, 0.1) is 4.91 Å². The Morgan fingerprint density at radius 3 is 2.73 bits per heavy atom. The Morgan fingerprint density at radius 1 is 1.73 bits per heavy atom. The normalized spacial score (nSPS) is 20.5. The number of amides is 1. The predicted octanol–water partition coefficient (Wildman–Crippen LogP) is 0.103. The van der Waals surface area contributed by atoms with Crippen LogP contribution in [0.5, 0.6) is 0 Å². The van der Waals surface area contributed by atoms with Crippen LogP contribution < -0.4 is 5.32 Å². The fourth-order valence-electron chi connectivity index (χ4n) is 0.533. The summed E-state index contributed by atoms with van der Waals surface area (Å²) < 4.78 is 0.294. The highest BCUT2D eigenvalue weighted by molar-refractivity contribution is 8.26. The molecular weight excluding hydrogens is 186 g/mol. The molecule has 1 saturated heterocycles. The van der Waals surface area contributed by atoms with Gasteiger partial charge in [0.25, 0.3) is 5.91 Å². The molecule has 1 amide bonds. The number of aliphatic carboxylic acids is 1. The Morgan fingerprint density at radius 2 is 2.36 bits per heavy atom. The molecule has 58 valence electrons. The van der Waals surface area contributed by atoms with E-state index in [-0.39, 0.29) is 4.91 Å². The molecule has 1 aliphatic rings. The van der Waals surface area contributed by atoms with Gasteiger partial charge in [-0.05, 0) is 0 Å². The van der Waals surface area contributed by atoms with Crippen molar-refractivity contribution in [3.8, 4) is 0 Å². The zero-order valence-electron chi connectivity index (χ0n) is 5.16. The minimum atomic E-state index is -1.15. The van der Waals surface area contributed by atoms with Gasteiger partial charge in [-0.2, -0.15) is 0 Å². The number of carboxylic acid groups (broad SMARTS) is 1. The maximum atomic E-state index is 10.8. The lowest BCUT2D eigenvalue weighted by Crippen LogP contribution is -2.18. The number of carboxylic acids is 1. The van der Waals surface area contributed by atoms with Crippen molar-refractivity contribution in [1.82, 2.24) is 5.32 Å². The molecule has 11 heavy (non-hydrogen) atoms. The van der Waals surface area contributed by atoms with Crippen molar-refractivity contribution in [1.29, 1.82) is 0 Å². The lowest BCUT2D eigenvalue weighted by Gasteiger charge is -1.84. The quantitative estimate of drug-likeness (QED) is 0.452. The highest BCUT2D eigenvalue weighted by Gasteiger charge is 2.22. The van der Waals surface area contributed by atoms with E-state index in [1.807, 2.05) is 0 Å². The summed E-state index contributed by atoms with van der Waals surface area (Å²) in [4.78, 5) is 21.0. The van der Waals surface area contributed by atoms with Gasteiger partial charge in [-0.15, -0.1) is 0 Å². The Hall–Kier alpha value is -0.880. The molecule has 4 nitrogen and oxygen atoms in total. The van der Waals surface area contributed by atoms with Crippen LogP contribution >= 0.6 is 24.0 Å². The lowest BCUT2D eigenvalue weighted by atomic mass is 10.5. The molecule has 2 N–H and O–H groups in total. The molecule has 6 heteroatoms. The van der Waals surface area contributed by atoms with Gasteiger partial charge in [0.2, 0.25) is 0 Å². The van der Waals surface area contributed by atoms with Gasteiger partial charge in [-0.3, -0.25) is 4.79 Å². The molecule has 0 aliphatic carbocycles. The maximum Gasteiger partial charge on any atom is 0.329 e. The van der Waals surface area contributed by atoms with Crippen LogP contribution in [0.4, 0.5) is 0 Å². The summed E-state index contributed by atoms with van der Waals surface area (Å²) in [6.07, 6.45) is 0.833. The molecular formula is C5H3NO3S2. The van der Waals surface area contributed by atoms with E-state index in [4.69, 9.17) is 5.11 Å². The van der Waals surface area contributed by atoms with Crippen molar-refractivity contribution in [3.63, 3.8) is 0 Å². The molecule has 0 aromatic heterocycles. The second-order valence-corrected chi connectivity index (χ2v) is 3.41. The number of thioether (sulfide) groups is 1. The third-order valence-corrected chi connectivity index (χ3v) is 2.06. The van der Waals surface area contributed by atoms with Crippen LogP contribution in [0, 0.1) is 0 Å². The van der Waals surface area contributed by atoms with Gasteiger partial charge < -0.3 is 10.4 Å². The number of nitrogens with one attached hydrogen (secondary N) is 1. The van der Waals surface area contributed by atoms with E-state index in [0.29, 0.717) is 4.32 Å². The second kappa shape index (κ2) is 3.02. The number of carbonyl (C=O) groups excluding carboxylic acids is 1. The standard InChI is InChI=1S/C5H3NO3S2/c7-3(8)1-2-4(9)6-5(10)11-2/h1H,(H,7,8)(H,6,9,10). The Bertz CT molecular complexity index is 271. The van der Waals surface area contributed by atoms with Crippen molar-refractivity contribution >= 4 is 40.2 Å². The van der Waals surface area contributed by atoms with Gasteiger partial charge >= 0.3 is 5.97 Å². The van der Waals surface area contributed by atoms with E-state index in [9.17, 15) is 9.59 Å². The smallest absolute Gasteiger partial charge is 0.329 e. The predicted molar refractivity (Wildman–Crippen MR) is 44.1 cm³/mol. The third-order valence-electron chi connectivity index (χ3n) is 0.897. The van der Waals surface area contributed by atoms with Crippen LogP contribution in [0.25, 0.3) is 0 Å². The largest absolute Gasteiger partial charge is 0.478 e. The summed E-state index contributed by atoms with van der Waals surface area (Å²) >= 11 is 5.58. The van der Waals surface area contributed by atoms with E-state index >= 15 is 0 Å². The molecule has 0 radical (unpaired) electrons. The highest BCUT2D eigenvalue weighted by atomic mass is 32.2. The molecule has 0 spiro atoms. The van der Waals surface area contributed by atoms with Crippen LogP contribution in [0.3, 0.4) is 0 Å². The first-order chi connectivity index (χ1) is 5.09. The fraction of sp³-hybridized carbons (Fsp3) is 0. The summed E-state index contributed by atoms with van der Waals surface area (Å²) in [7, 11) is 0. The molecule has 0 aromatic carbocycles. The minimum Gasteiger partial charge on any atom is -0.478 e. The van der Waals surface area contributed by atoms with Crippen molar-refractivity contribution in [2.75, 3.05) is 0 Å². The molecule has 1 heterocycles. The zero-order chi connectivity index (χ0) is 8.43. The van der Waals surface area contributed by atoms with E-state index in [0.717, 1.165) is 17.8 Å². The maximum absolute atomic E-state index is 10.8. The summed E-state index contributed by atoms with van der Waals surface area (Å²) in [5, 5.41) is 10.6. The Kier molecular flexibility index (Phi) is 2.25. The molecule has 0 bridgehead atoms. The SMILES string of the molecule is O=C(O)C=C1SC(=S)NC1=O. The summed E-state index contributed by atoms with van der Waals surface area (Å²) in [6, 6.07) is 0. The zero-order valence-corrected chi connectivity index (χ0v) is 6.79. The summed E-state index contributed by atoms with van der Waals surface area (Å²) in [6.45, 7) is 0. The van der Waals surface area contributed by atoms with Crippen molar-refractivity contribution in [2.24, 2.45) is 0 Å². The van der Waals surface area contributed by atoms with Crippen LogP contribution in [-0.2, 0) is 9.59 Å². The second-order valence-electron chi connectivity index (χ2n) is 1.69. The van der Waals surface area contributed by atoms with Gasteiger partial charge in [-0.1, -0.05) is 24.0 Å². The van der Waals surface area contributed by atoms with Crippen LogP contribution in [-0.4, -0.2) is 21.3 Å². The minimum absolute atomic E-state index is 0.127. The molecule has 0 aromatic rings. The number of hydrogen-bond acceptors (Lipinski definition) is 4. The molecule has 1 fully saturated rings. The molecule has 0 saturated carbocycles. The van der Waals surface area contributed by atoms with Crippen molar-refractivity contribution in [2.45, 2.75) is 0 Å². The Labute approximate surface area is 71.7 Å². The summed E-state index contributed by atoms with van der Waals surface area (Å²) in [5.41, 5.74) is 0. The van der Waals surface area contributed by atoms with E-state index in [2.05, 4.69) is 17.5 Å². The van der Waals surface area contributed by atoms with Crippen LogP contribution in [0.15, 0.2) is 11.0 Å². The van der Waals surface area contributed by atoms with Crippen molar-refractivity contribution < 1.29 is 14.7 Å². The van der Waals surface area contributed by atoms with Gasteiger partial charge in [0.15, 0.2) is 0 Å². The monoisotopic (exact) mass is 189 g/mol. The molecule has 0 atom stereocenters. The fourth-order valence-corrected chi connectivity index (χ4v) is 1.54. The van der Waals surface area contributed by atoms with Crippen LogP contribution in [0.2, 0.25) is 0 Å². The average molecular weight is 189 g/mol. The number of carbonyl (C=O) groups is 2. The van der Waals surface area contributed by atoms with E-state index < -0.39 is 11.9 Å². The number of thiocarbonyl (C=S) groups is 1. The highest BCUT2D eigenvalue weighted by Crippen LogP contribution is 2.22. The van der Waals surface area contributed by atoms with Crippen LogP contribution in [0.1, 0.15) is 0 Å². The average Bonchev–Trinajstić information content (AvgIpc) is 2.09. The third kappa shape index (κ3) is 2.02. The van der Waals surface area contributed by atoms with Crippen molar-refractivity contribution in [3.05, 3.63) is 11.0 Å². The molecule has 0 unspecified atom stereocenters. The summed E-state index contributed by atoms with van der Waals surface area (Å²) in [5.74, 6) is -1.59. The molecule has 1 rings (SSSR count).